The highest BCUT2D eigenvalue weighted by Gasteiger charge is 2.49. The van der Waals surface area contributed by atoms with Crippen molar-refractivity contribution in [3.63, 3.8) is 0 Å². The average Bonchev–Trinajstić information content (AvgIpc) is 2.70. The molecular weight excluding hydrogens is 310 g/mol. The molecule has 0 amide bonds. The predicted octanol–water partition coefficient (Wildman–Crippen LogP) is 3.70. The van der Waals surface area contributed by atoms with E-state index in [1.165, 1.54) is 12.8 Å². The summed E-state index contributed by atoms with van der Waals surface area (Å²) in [5, 5.41) is 0. The molecule has 0 N–H and O–H groups in total. The molecule has 3 fully saturated rings. The van der Waals surface area contributed by atoms with Gasteiger partial charge in [-0.3, -0.25) is 4.79 Å². The third-order valence-corrected chi connectivity index (χ3v) is 6.25. The van der Waals surface area contributed by atoms with E-state index in [0.717, 1.165) is 37.7 Å². The standard InChI is InChI=1S/C19H25NO2.ClH/c1-20-15-8-9-16(20)13-17(12-15)22-18(21)19(10-5-11-19)14-6-3-2-4-7-14;/h2-4,6-7,15-17H,5,8-13H2,1H3;1H/t15-,16+,17?;. The van der Waals surface area contributed by atoms with Crippen LogP contribution in [0.25, 0.3) is 0 Å². The Kier molecular flexibility index (Phi) is 4.70. The van der Waals surface area contributed by atoms with Gasteiger partial charge in [-0.15, -0.1) is 12.4 Å². The summed E-state index contributed by atoms with van der Waals surface area (Å²) < 4.78 is 6.02. The van der Waals surface area contributed by atoms with Crippen molar-refractivity contribution in [2.45, 2.75) is 68.5 Å². The minimum absolute atomic E-state index is 0. The lowest BCUT2D eigenvalue weighted by molar-refractivity contribution is -0.163. The molecular formula is C19H26ClNO2. The highest BCUT2D eigenvalue weighted by Crippen LogP contribution is 2.46. The van der Waals surface area contributed by atoms with Crippen LogP contribution in [0.5, 0.6) is 0 Å². The molecule has 1 saturated carbocycles. The van der Waals surface area contributed by atoms with Crippen LogP contribution in [0, 0.1) is 0 Å². The molecule has 0 radical (unpaired) electrons. The van der Waals surface area contributed by atoms with Gasteiger partial charge in [0.15, 0.2) is 0 Å². The maximum Gasteiger partial charge on any atom is 0.316 e. The molecule has 2 saturated heterocycles. The van der Waals surface area contributed by atoms with E-state index >= 15 is 0 Å². The molecule has 23 heavy (non-hydrogen) atoms. The zero-order valence-electron chi connectivity index (χ0n) is 13.7. The lowest BCUT2D eigenvalue weighted by Gasteiger charge is -2.42. The van der Waals surface area contributed by atoms with Crippen LogP contribution in [-0.4, -0.2) is 36.1 Å². The summed E-state index contributed by atoms with van der Waals surface area (Å²) in [6, 6.07) is 11.5. The SMILES string of the molecule is CN1[C@@H]2CC[C@H]1CC(OC(=O)C1(c3ccccc3)CCC1)C2.Cl. The van der Waals surface area contributed by atoms with Gasteiger partial charge in [0.05, 0.1) is 5.41 Å². The Hall–Kier alpha value is -1.06. The van der Waals surface area contributed by atoms with Crippen LogP contribution in [-0.2, 0) is 14.9 Å². The molecule has 1 aromatic carbocycles. The second-order valence-corrected chi connectivity index (χ2v) is 7.35. The highest BCUT2D eigenvalue weighted by molar-refractivity contribution is 5.85. The number of hydrogen-bond donors (Lipinski definition) is 0. The van der Waals surface area contributed by atoms with Crippen LogP contribution in [0.4, 0.5) is 0 Å². The molecule has 3 atom stereocenters. The fourth-order valence-electron chi connectivity index (χ4n) is 4.62. The molecule has 3 nitrogen and oxygen atoms in total. The summed E-state index contributed by atoms with van der Waals surface area (Å²) in [4.78, 5) is 15.4. The molecule has 2 heterocycles. The van der Waals surface area contributed by atoms with Crippen LogP contribution in [0.2, 0.25) is 0 Å². The largest absolute Gasteiger partial charge is 0.462 e. The summed E-state index contributed by atoms with van der Waals surface area (Å²) in [5.41, 5.74) is 0.783. The Morgan fingerprint density at radius 1 is 1.13 bits per heavy atom. The fraction of sp³-hybridized carbons (Fsp3) is 0.632. The summed E-state index contributed by atoms with van der Waals surface area (Å²) in [6.07, 6.45) is 7.70. The second kappa shape index (κ2) is 6.45. The number of nitrogens with zero attached hydrogens (tertiary/aromatic N) is 1. The minimum Gasteiger partial charge on any atom is -0.462 e. The van der Waals surface area contributed by atoms with Crippen LogP contribution in [0.3, 0.4) is 0 Å². The van der Waals surface area contributed by atoms with Gasteiger partial charge in [-0.1, -0.05) is 36.8 Å². The molecule has 2 aliphatic heterocycles. The number of halogens is 1. The average molecular weight is 336 g/mol. The lowest BCUT2D eigenvalue weighted by atomic mass is 9.64. The zero-order valence-corrected chi connectivity index (χ0v) is 14.6. The van der Waals surface area contributed by atoms with E-state index in [1.807, 2.05) is 18.2 Å². The first-order valence-electron chi connectivity index (χ1n) is 8.67. The predicted molar refractivity (Wildman–Crippen MR) is 92.9 cm³/mol. The maximum absolute atomic E-state index is 12.9. The van der Waals surface area contributed by atoms with E-state index in [4.69, 9.17) is 4.74 Å². The molecule has 0 aromatic heterocycles. The first-order chi connectivity index (χ1) is 10.7. The van der Waals surface area contributed by atoms with Crippen molar-refractivity contribution in [2.75, 3.05) is 7.05 Å². The van der Waals surface area contributed by atoms with Gasteiger partial charge in [-0.05, 0) is 51.1 Å². The van der Waals surface area contributed by atoms with Gasteiger partial charge in [0.2, 0.25) is 0 Å². The van der Waals surface area contributed by atoms with E-state index in [0.29, 0.717) is 12.1 Å². The third-order valence-electron chi connectivity index (χ3n) is 6.25. The number of hydrogen-bond acceptors (Lipinski definition) is 3. The van der Waals surface area contributed by atoms with Gasteiger partial charge < -0.3 is 9.64 Å². The Bertz CT molecular complexity index is 544. The van der Waals surface area contributed by atoms with Crippen LogP contribution >= 0.6 is 12.4 Å². The zero-order chi connectivity index (χ0) is 15.2. The van der Waals surface area contributed by atoms with E-state index in [2.05, 4.69) is 24.1 Å². The Labute approximate surface area is 144 Å². The molecule has 126 valence electrons. The topological polar surface area (TPSA) is 29.5 Å². The van der Waals surface area contributed by atoms with E-state index in [-0.39, 0.29) is 29.9 Å². The number of benzene rings is 1. The Balaban J connectivity index is 0.00000156. The lowest BCUT2D eigenvalue weighted by Crippen LogP contribution is -2.48. The number of carbonyl (C=O) groups excluding carboxylic acids is 1. The number of esters is 1. The fourth-order valence-corrected chi connectivity index (χ4v) is 4.62. The molecule has 4 heteroatoms. The van der Waals surface area contributed by atoms with Crippen molar-refractivity contribution in [1.82, 2.24) is 4.90 Å². The van der Waals surface area contributed by atoms with Crippen molar-refractivity contribution in [3.05, 3.63) is 35.9 Å². The van der Waals surface area contributed by atoms with Crippen molar-refractivity contribution in [1.29, 1.82) is 0 Å². The summed E-state index contributed by atoms with van der Waals surface area (Å²) in [7, 11) is 2.22. The smallest absolute Gasteiger partial charge is 0.316 e. The van der Waals surface area contributed by atoms with Gasteiger partial charge in [0.25, 0.3) is 0 Å². The minimum atomic E-state index is -0.357. The number of carbonyl (C=O) groups is 1. The Morgan fingerprint density at radius 2 is 1.74 bits per heavy atom. The van der Waals surface area contributed by atoms with Crippen LogP contribution in [0.1, 0.15) is 50.5 Å². The second-order valence-electron chi connectivity index (χ2n) is 7.35. The summed E-state index contributed by atoms with van der Waals surface area (Å²) >= 11 is 0. The van der Waals surface area contributed by atoms with Crippen molar-refractivity contribution in [3.8, 4) is 0 Å². The van der Waals surface area contributed by atoms with Crippen molar-refractivity contribution >= 4 is 18.4 Å². The van der Waals surface area contributed by atoms with Crippen LogP contribution in [0.15, 0.2) is 30.3 Å². The quantitative estimate of drug-likeness (QED) is 0.789. The molecule has 3 aliphatic rings. The van der Waals surface area contributed by atoms with E-state index in [1.54, 1.807) is 0 Å². The first-order valence-corrected chi connectivity index (χ1v) is 8.67. The summed E-state index contributed by atoms with van der Waals surface area (Å²) in [5.74, 6) is 0.0268. The molecule has 4 rings (SSSR count). The number of ether oxygens (including phenoxy) is 1. The number of piperidine rings is 1. The van der Waals surface area contributed by atoms with E-state index < -0.39 is 0 Å². The van der Waals surface area contributed by atoms with Gasteiger partial charge >= 0.3 is 5.97 Å². The van der Waals surface area contributed by atoms with Gasteiger partial charge in [-0.25, -0.2) is 0 Å². The molecule has 2 bridgehead atoms. The molecule has 1 unspecified atom stereocenters. The van der Waals surface area contributed by atoms with Gasteiger partial charge in [0, 0.05) is 12.1 Å². The van der Waals surface area contributed by atoms with Crippen LogP contribution < -0.4 is 0 Å². The van der Waals surface area contributed by atoms with Gasteiger partial charge in [0.1, 0.15) is 6.10 Å². The van der Waals surface area contributed by atoms with E-state index in [9.17, 15) is 4.79 Å². The first kappa shape index (κ1) is 16.8. The number of rotatable bonds is 3. The van der Waals surface area contributed by atoms with Crippen molar-refractivity contribution < 1.29 is 9.53 Å². The maximum atomic E-state index is 12.9. The molecule has 1 aromatic rings. The third kappa shape index (κ3) is 2.78. The van der Waals surface area contributed by atoms with Crippen molar-refractivity contribution in [2.24, 2.45) is 0 Å². The summed E-state index contributed by atoms with van der Waals surface area (Å²) in [6.45, 7) is 0. The number of fused-ring (bicyclic) bond motifs is 2. The normalized spacial score (nSPS) is 31.8. The Morgan fingerprint density at radius 3 is 2.26 bits per heavy atom. The highest BCUT2D eigenvalue weighted by atomic mass is 35.5. The van der Waals surface area contributed by atoms with Gasteiger partial charge in [-0.2, -0.15) is 0 Å². The molecule has 1 aliphatic carbocycles. The molecule has 0 spiro atoms. The monoisotopic (exact) mass is 335 g/mol.